The van der Waals surface area contributed by atoms with Gasteiger partial charge < -0.3 is 34.9 Å². The molecule has 9 aromatic rings. The monoisotopic (exact) mass is 1200 g/mol. The van der Waals surface area contributed by atoms with Crippen LogP contribution < -0.4 is 32.6 Å². The molecule has 0 aliphatic heterocycles. The lowest BCUT2D eigenvalue weighted by atomic mass is 10.0. The van der Waals surface area contributed by atoms with Gasteiger partial charge in [-0.1, -0.05) is 79.2 Å². The molecular formula is C62H60ClFN12O11. The number of hydrogen-bond acceptors (Lipinski definition) is 20. The molecule has 6 heterocycles. The summed E-state index contributed by atoms with van der Waals surface area (Å²) in [6, 6.07) is 33.8. The van der Waals surface area contributed by atoms with Gasteiger partial charge >= 0.3 is 23.9 Å². The molecule has 23 nitrogen and oxygen atoms in total. The highest BCUT2D eigenvalue weighted by atomic mass is 35.5. The molecule has 0 aliphatic carbocycles. The zero-order chi connectivity index (χ0) is 62.4. The molecule has 6 aromatic heterocycles. The fraction of sp³-hybridized carbons (Fsp3) is 0.210. The van der Waals surface area contributed by atoms with E-state index in [0.29, 0.717) is 64.7 Å². The topological polar surface area (TPSA) is 285 Å². The molecular weight excluding hydrogens is 1140 g/mol. The maximum absolute atomic E-state index is 13.5. The van der Waals surface area contributed by atoms with Crippen LogP contribution in [0.15, 0.2) is 167 Å². The van der Waals surface area contributed by atoms with Crippen LogP contribution in [-0.2, 0) is 43.4 Å². The molecule has 0 bridgehead atoms. The van der Waals surface area contributed by atoms with E-state index >= 15 is 0 Å². The summed E-state index contributed by atoms with van der Waals surface area (Å²) in [5.41, 5.74) is 2.68. The highest BCUT2D eigenvalue weighted by Crippen LogP contribution is 2.32. The van der Waals surface area contributed by atoms with Crippen LogP contribution in [0.1, 0.15) is 78.5 Å². The van der Waals surface area contributed by atoms with Gasteiger partial charge in [-0.2, -0.15) is 15.3 Å². The van der Waals surface area contributed by atoms with E-state index in [1.807, 2.05) is 74.5 Å². The molecule has 0 saturated heterocycles. The molecule has 0 spiro atoms. The van der Waals surface area contributed by atoms with Crippen molar-refractivity contribution in [3.05, 3.63) is 211 Å². The number of pyridine rings is 3. The van der Waals surface area contributed by atoms with Crippen molar-refractivity contribution in [3.63, 3.8) is 0 Å². The van der Waals surface area contributed by atoms with Crippen LogP contribution in [0.25, 0.3) is 33.8 Å². The van der Waals surface area contributed by atoms with Crippen LogP contribution in [0.3, 0.4) is 0 Å². The first-order chi connectivity index (χ1) is 42.2. The smallest absolute Gasteiger partial charge is 0.345 e. The molecule has 448 valence electrons. The van der Waals surface area contributed by atoms with Gasteiger partial charge in [-0.05, 0) is 94.8 Å². The summed E-state index contributed by atoms with van der Waals surface area (Å²) in [6.45, 7) is 9.31. The summed E-state index contributed by atoms with van der Waals surface area (Å²) in [4.78, 5) is 101. The minimum Gasteiger partial charge on any atom is -0.465 e. The number of benzene rings is 3. The number of hydrogen-bond donors (Lipinski definition) is 3. The molecule has 3 aromatic carbocycles. The van der Waals surface area contributed by atoms with Gasteiger partial charge in [0, 0.05) is 61.3 Å². The van der Waals surface area contributed by atoms with Crippen molar-refractivity contribution < 1.29 is 42.5 Å². The predicted molar refractivity (Wildman–Crippen MR) is 325 cm³/mol. The minimum absolute atomic E-state index is 0.0454. The standard InChI is InChI=1S/C23H23FN4O5.C20H19ClN4O3.C19H18N4O3/c1-3-6-18(29)32-14-33-23(31)19-20(15-8-10-16(24)11-9-15)27-28(4-2)22(30)21(19)26-17-7-5-12-25-13-17;1-3-25-19(26)17(23-14-11-8-12-22-18(14)21)15(20(27)28-4-2)16(24-25)13-9-6-5-7-10-13;1-3-23-18(24)17(21-14-10-7-11-20-12-14)15(19(25)26-2)16(22-23)13-8-5-4-6-9-13/h5,7-13,26H,3-4,6,14H2,1-2H3;5-12,23H,3-4H2,1-2H3;4-12,21H,3H2,1-2H3. The number of ether oxygens (including phenoxy) is 4. The molecule has 25 heteroatoms. The van der Waals surface area contributed by atoms with E-state index in [1.165, 1.54) is 57.8 Å². The van der Waals surface area contributed by atoms with Crippen molar-refractivity contribution in [2.45, 2.75) is 67.1 Å². The van der Waals surface area contributed by atoms with Gasteiger partial charge in [0.15, 0.2) is 5.15 Å². The minimum atomic E-state index is -0.933. The number of carbonyl (C=O) groups is 4. The number of anilines is 6. The second-order valence-electron chi connectivity index (χ2n) is 18.1. The number of rotatable bonds is 20. The van der Waals surface area contributed by atoms with Crippen molar-refractivity contribution in [3.8, 4) is 33.8 Å². The van der Waals surface area contributed by atoms with Gasteiger partial charge in [-0.15, -0.1) is 0 Å². The molecule has 0 aliphatic rings. The molecule has 0 unspecified atom stereocenters. The van der Waals surface area contributed by atoms with E-state index in [2.05, 4.69) is 46.2 Å². The van der Waals surface area contributed by atoms with Gasteiger partial charge in [-0.3, -0.25) is 29.1 Å². The summed E-state index contributed by atoms with van der Waals surface area (Å²) < 4.78 is 37.5. The fourth-order valence-corrected chi connectivity index (χ4v) is 8.45. The average molecular weight is 1200 g/mol. The summed E-state index contributed by atoms with van der Waals surface area (Å²) in [7, 11) is 1.27. The number of nitrogens with zero attached hydrogens (tertiary/aromatic N) is 9. The predicted octanol–water partition coefficient (Wildman–Crippen LogP) is 10.4. The van der Waals surface area contributed by atoms with Gasteiger partial charge in [0.25, 0.3) is 16.7 Å². The highest BCUT2D eigenvalue weighted by Gasteiger charge is 2.29. The lowest BCUT2D eigenvalue weighted by Crippen LogP contribution is -2.29. The summed E-state index contributed by atoms with van der Waals surface area (Å²) >= 11 is 6.14. The summed E-state index contributed by atoms with van der Waals surface area (Å²) in [5, 5.41) is 22.2. The number of esters is 4. The molecule has 3 N–H and O–H groups in total. The first-order valence-corrected chi connectivity index (χ1v) is 27.7. The molecule has 9 rings (SSSR count). The normalized spacial score (nSPS) is 10.5. The highest BCUT2D eigenvalue weighted by molar-refractivity contribution is 6.32. The Morgan fingerprint density at radius 2 is 0.954 bits per heavy atom. The quantitative estimate of drug-likeness (QED) is 0.0277. The van der Waals surface area contributed by atoms with Gasteiger partial charge in [-0.25, -0.2) is 37.8 Å². The lowest BCUT2D eigenvalue weighted by Gasteiger charge is -2.17. The lowest BCUT2D eigenvalue weighted by molar-refractivity contribution is -0.152. The Bertz CT molecular complexity index is 4030. The number of carbonyl (C=O) groups excluding carboxylic acids is 4. The van der Waals surface area contributed by atoms with Crippen molar-refractivity contribution in [2.24, 2.45) is 0 Å². The van der Waals surface area contributed by atoms with Crippen LogP contribution >= 0.6 is 11.6 Å². The molecule has 0 amide bonds. The van der Waals surface area contributed by atoms with Crippen LogP contribution in [0.5, 0.6) is 0 Å². The second-order valence-corrected chi connectivity index (χ2v) is 18.5. The van der Waals surface area contributed by atoms with Crippen LogP contribution in [0, 0.1) is 5.82 Å². The van der Waals surface area contributed by atoms with E-state index < -0.39 is 53.2 Å². The van der Waals surface area contributed by atoms with Gasteiger partial charge in [0.05, 0.1) is 43.2 Å². The first kappa shape index (κ1) is 63.8. The molecule has 0 saturated carbocycles. The van der Waals surface area contributed by atoms with E-state index in [1.54, 1.807) is 75.8 Å². The zero-order valence-electron chi connectivity index (χ0n) is 48.2. The Morgan fingerprint density at radius 1 is 0.517 bits per heavy atom. The molecule has 87 heavy (non-hydrogen) atoms. The second kappa shape index (κ2) is 31.2. The van der Waals surface area contributed by atoms with Gasteiger partial charge in [0.1, 0.15) is 56.7 Å². The third-order valence-electron chi connectivity index (χ3n) is 12.4. The van der Waals surface area contributed by atoms with E-state index in [-0.39, 0.29) is 64.2 Å². The van der Waals surface area contributed by atoms with Crippen LogP contribution in [0.2, 0.25) is 5.15 Å². The number of halogens is 2. The van der Waals surface area contributed by atoms with Gasteiger partial charge in [0.2, 0.25) is 6.79 Å². The summed E-state index contributed by atoms with van der Waals surface area (Å²) in [6.07, 6.45) is 8.53. The third kappa shape index (κ3) is 16.1. The fourth-order valence-electron chi connectivity index (χ4n) is 8.28. The maximum atomic E-state index is 13.5. The van der Waals surface area contributed by atoms with E-state index in [9.17, 15) is 38.0 Å². The Balaban J connectivity index is 0.000000188. The molecule has 0 fully saturated rings. The first-order valence-electron chi connectivity index (χ1n) is 27.3. The molecule has 0 radical (unpaired) electrons. The van der Waals surface area contributed by atoms with Crippen molar-refractivity contribution in [1.29, 1.82) is 0 Å². The SMILES string of the molecule is CCCC(=O)OCOC(=O)c1c(-c2ccc(F)cc2)nn(CC)c(=O)c1Nc1cccnc1.CCOC(=O)c1c(-c2ccccc2)nn(CC)c(=O)c1Nc1cccnc1Cl.CCn1nc(-c2ccccc2)c(C(=O)OC)c(Nc2cccnc2)c1=O. The Kier molecular flexibility index (Phi) is 22.9. The Labute approximate surface area is 502 Å². The maximum Gasteiger partial charge on any atom is 0.345 e. The zero-order valence-corrected chi connectivity index (χ0v) is 48.9. The van der Waals surface area contributed by atoms with E-state index in [4.69, 9.17) is 30.5 Å². The van der Waals surface area contributed by atoms with E-state index in [0.717, 1.165) is 0 Å². The summed E-state index contributed by atoms with van der Waals surface area (Å²) in [5.74, 6) is -3.20. The van der Waals surface area contributed by atoms with Crippen molar-refractivity contribution in [1.82, 2.24) is 44.3 Å². The van der Waals surface area contributed by atoms with Crippen molar-refractivity contribution >= 4 is 69.6 Å². The Hall–Kier alpha value is -10.8. The third-order valence-corrected chi connectivity index (χ3v) is 12.7. The average Bonchev–Trinajstić information content (AvgIpc) is 1.21. The number of nitrogens with one attached hydrogen (secondary N) is 3. The number of aryl methyl sites for hydroxylation is 3. The largest absolute Gasteiger partial charge is 0.465 e. The number of methoxy groups -OCH3 is 1. The molecule has 0 atom stereocenters. The Morgan fingerprint density at radius 3 is 1.37 bits per heavy atom. The number of aromatic nitrogens is 9. The van der Waals surface area contributed by atoms with Crippen LogP contribution in [-0.4, -0.2) is 88.7 Å². The van der Waals surface area contributed by atoms with Crippen molar-refractivity contribution in [2.75, 3.05) is 36.5 Å². The van der Waals surface area contributed by atoms with Crippen LogP contribution in [0.4, 0.5) is 38.5 Å².